The normalized spacial score (nSPS) is 10.2. The van der Waals surface area contributed by atoms with E-state index in [1.165, 1.54) is 26.0 Å². The lowest BCUT2D eigenvalue weighted by molar-refractivity contribution is -0.113. The van der Waals surface area contributed by atoms with E-state index in [0.29, 0.717) is 22.2 Å². The van der Waals surface area contributed by atoms with Gasteiger partial charge < -0.3 is 19.9 Å². The van der Waals surface area contributed by atoms with Crippen LogP contribution in [0.5, 0.6) is 17.2 Å². The van der Waals surface area contributed by atoms with E-state index in [0.717, 1.165) is 4.90 Å². The minimum absolute atomic E-state index is 0.189. The van der Waals surface area contributed by atoms with Crippen molar-refractivity contribution in [2.45, 2.75) is 4.90 Å². The van der Waals surface area contributed by atoms with Crippen molar-refractivity contribution in [1.29, 1.82) is 0 Å². The lowest BCUT2D eigenvalue weighted by atomic mass is 10.2. The summed E-state index contributed by atoms with van der Waals surface area (Å²) in [7, 11) is 3.00. The van der Waals surface area contributed by atoms with E-state index in [2.05, 4.69) is 5.32 Å². The second kappa shape index (κ2) is 7.99. The number of halogens is 1. The Labute approximate surface area is 143 Å². The highest BCUT2D eigenvalue weighted by Crippen LogP contribution is 2.36. The lowest BCUT2D eigenvalue weighted by Crippen LogP contribution is -2.14. The van der Waals surface area contributed by atoms with Gasteiger partial charge in [0.1, 0.15) is 17.2 Å². The minimum atomic E-state index is -0.189. The van der Waals surface area contributed by atoms with E-state index in [1.807, 2.05) is 0 Å². The molecule has 23 heavy (non-hydrogen) atoms. The maximum absolute atomic E-state index is 12.1. The van der Waals surface area contributed by atoms with Crippen LogP contribution in [-0.2, 0) is 4.79 Å². The molecule has 0 atom stereocenters. The molecule has 2 aromatic carbocycles. The van der Waals surface area contributed by atoms with Crippen molar-refractivity contribution in [3.8, 4) is 17.2 Å². The maximum Gasteiger partial charge on any atom is 0.234 e. The molecule has 0 heterocycles. The second-order valence-corrected chi connectivity index (χ2v) is 5.97. The molecular weight excluding hydrogens is 338 g/mol. The quantitative estimate of drug-likeness (QED) is 0.773. The van der Waals surface area contributed by atoms with Gasteiger partial charge in [-0.3, -0.25) is 4.79 Å². The molecule has 2 N–H and O–H groups in total. The van der Waals surface area contributed by atoms with Crippen LogP contribution in [-0.4, -0.2) is 31.0 Å². The highest BCUT2D eigenvalue weighted by atomic mass is 35.5. The fraction of sp³-hybridized carbons (Fsp3) is 0.188. The van der Waals surface area contributed by atoms with Gasteiger partial charge in [-0.25, -0.2) is 0 Å². The Bertz CT molecular complexity index is 691. The van der Waals surface area contributed by atoms with Crippen LogP contribution in [0.4, 0.5) is 5.69 Å². The number of carbonyl (C=O) groups is 1. The number of hydrogen-bond donors (Lipinski definition) is 2. The Morgan fingerprint density at radius 2 is 1.83 bits per heavy atom. The summed E-state index contributed by atoms with van der Waals surface area (Å²) in [6, 6.07) is 9.85. The summed E-state index contributed by atoms with van der Waals surface area (Å²) >= 11 is 7.39. The lowest BCUT2D eigenvalue weighted by Gasteiger charge is -2.13. The summed E-state index contributed by atoms with van der Waals surface area (Å²) in [6.07, 6.45) is 0. The number of carbonyl (C=O) groups excluding carboxylic acids is 1. The molecule has 2 aromatic rings. The zero-order valence-electron chi connectivity index (χ0n) is 12.6. The molecule has 0 aliphatic heterocycles. The number of amides is 1. The molecule has 5 nitrogen and oxygen atoms in total. The number of rotatable bonds is 6. The Kier molecular flexibility index (Phi) is 6.01. The minimum Gasteiger partial charge on any atom is -0.508 e. The molecule has 0 aliphatic carbocycles. The first kappa shape index (κ1) is 17.3. The van der Waals surface area contributed by atoms with Gasteiger partial charge in [-0.1, -0.05) is 11.6 Å². The molecule has 0 spiro atoms. The van der Waals surface area contributed by atoms with Crippen molar-refractivity contribution in [2.75, 3.05) is 25.3 Å². The molecule has 0 unspecified atom stereocenters. The highest BCUT2D eigenvalue weighted by Gasteiger charge is 2.12. The van der Waals surface area contributed by atoms with Gasteiger partial charge in [0, 0.05) is 17.0 Å². The number of ether oxygens (including phenoxy) is 2. The predicted molar refractivity (Wildman–Crippen MR) is 92.0 cm³/mol. The van der Waals surface area contributed by atoms with Crippen molar-refractivity contribution in [3.63, 3.8) is 0 Å². The summed E-state index contributed by atoms with van der Waals surface area (Å²) in [5, 5.41) is 12.4. The van der Waals surface area contributed by atoms with Gasteiger partial charge >= 0.3 is 0 Å². The van der Waals surface area contributed by atoms with E-state index in [1.54, 1.807) is 36.4 Å². The SMILES string of the molecule is COc1cc(NC(=O)CSc2ccc(O)cc2)c(OC)cc1Cl. The van der Waals surface area contributed by atoms with Crippen LogP contribution in [0.15, 0.2) is 41.3 Å². The third kappa shape index (κ3) is 4.71. The van der Waals surface area contributed by atoms with Gasteiger partial charge in [-0.2, -0.15) is 0 Å². The molecule has 0 aliphatic rings. The third-order valence-corrected chi connectivity index (χ3v) is 4.26. The first-order valence-electron chi connectivity index (χ1n) is 6.66. The average molecular weight is 354 g/mol. The van der Waals surface area contributed by atoms with Crippen molar-refractivity contribution in [2.24, 2.45) is 0 Å². The molecule has 0 saturated carbocycles. The highest BCUT2D eigenvalue weighted by molar-refractivity contribution is 8.00. The molecule has 0 bridgehead atoms. The summed E-state index contributed by atoms with van der Waals surface area (Å²) in [5.41, 5.74) is 0.491. The van der Waals surface area contributed by atoms with Gasteiger partial charge in [-0.05, 0) is 24.3 Å². The number of methoxy groups -OCH3 is 2. The molecule has 7 heteroatoms. The van der Waals surface area contributed by atoms with Crippen molar-refractivity contribution in [1.82, 2.24) is 0 Å². The van der Waals surface area contributed by atoms with Crippen LogP contribution in [0.2, 0.25) is 5.02 Å². The van der Waals surface area contributed by atoms with Crippen LogP contribution in [0.3, 0.4) is 0 Å². The molecule has 0 radical (unpaired) electrons. The number of hydrogen-bond acceptors (Lipinski definition) is 5. The standard InChI is InChI=1S/C16H16ClNO4S/c1-21-14-8-13(15(22-2)7-12(14)17)18-16(20)9-23-11-5-3-10(19)4-6-11/h3-8,19H,9H2,1-2H3,(H,18,20). The first-order valence-corrected chi connectivity index (χ1v) is 8.03. The van der Waals surface area contributed by atoms with Crippen LogP contribution in [0.25, 0.3) is 0 Å². The molecule has 1 amide bonds. The van der Waals surface area contributed by atoms with Gasteiger partial charge in [0.05, 0.1) is 30.7 Å². The zero-order valence-corrected chi connectivity index (χ0v) is 14.2. The average Bonchev–Trinajstić information content (AvgIpc) is 2.55. The van der Waals surface area contributed by atoms with Crippen LogP contribution < -0.4 is 14.8 Å². The number of aromatic hydroxyl groups is 1. The second-order valence-electron chi connectivity index (χ2n) is 4.52. The Morgan fingerprint density at radius 3 is 2.43 bits per heavy atom. The molecular formula is C16H16ClNO4S. The number of phenols is 1. The fourth-order valence-electron chi connectivity index (χ4n) is 1.84. The van der Waals surface area contributed by atoms with E-state index < -0.39 is 0 Å². The van der Waals surface area contributed by atoms with Crippen LogP contribution in [0, 0.1) is 0 Å². The number of nitrogens with one attached hydrogen (secondary N) is 1. The summed E-state index contributed by atoms with van der Waals surface area (Å²) < 4.78 is 10.4. The van der Waals surface area contributed by atoms with E-state index in [-0.39, 0.29) is 17.4 Å². The largest absolute Gasteiger partial charge is 0.508 e. The molecule has 0 saturated heterocycles. The van der Waals surface area contributed by atoms with Crippen LogP contribution in [0.1, 0.15) is 0 Å². The topological polar surface area (TPSA) is 67.8 Å². The van der Waals surface area contributed by atoms with Gasteiger partial charge in [0.15, 0.2) is 0 Å². The van der Waals surface area contributed by atoms with E-state index >= 15 is 0 Å². The van der Waals surface area contributed by atoms with E-state index in [9.17, 15) is 9.90 Å². The summed E-state index contributed by atoms with van der Waals surface area (Å²) in [4.78, 5) is 13.0. The number of benzene rings is 2. The molecule has 0 fully saturated rings. The van der Waals surface area contributed by atoms with Crippen molar-refractivity contribution >= 4 is 35.0 Å². The fourth-order valence-corrected chi connectivity index (χ4v) is 2.76. The van der Waals surface area contributed by atoms with Gasteiger partial charge in [-0.15, -0.1) is 11.8 Å². The predicted octanol–water partition coefficient (Wildman–Crippen LogP) is 3.79. The number of thioether (sulfide) groups is 1. The summed E-state index contributed by atoms with van der Waals surface area (Å²) in [5.74, 6) is 1.13. The van der Waals surface area contributed by atoms with Crippen molar-refractivity contribution in [3.05, 3.63) is 41.4 Å². The van der Waals surface area contributed by atoms with Crippen LogP contribution >= 0.6 is 23.4 Å². The van der Waals surface area contributed by atoms with Gasteiger partial charge in [0.2, 0.25) is 5.91 Å². The maximum atomic E-state index is 12.1. The molecule has 0 aromatic heterocycles. The zero-order chi connectivity index (χ0) is 16.8. The number of anilines is 1. The molecule has 122 valence electrons. The smallest absolute Gasteiger partial charge is 0.234 e. The summed E-state index contributed by atoms with van der Waals surface area (Å²) in [6.45, 7) is 0. The Balaban J connectivity index is 2.03. The monoisotopic (exact) mass is 353 g/mol. The first-order chi connectivity index (χ1) is 11.0. The Hall–Kier alpha value is -2.05. The van der Waals surface area contributed by atoms with Gasteiger partial charge in [0.25, 0.3) is 0 Å². The Morgan fingerprint density at radius 1 is 1.17 bits per heavy atom. The van der Waals surface area contributed by atoms with E-state index in [4.69, 9.17) is 21.1 Å². The number of phenolic OH excluding ortho intramolecular Hbond substituents is 1. The third-order valence-electron chi connectivity index (χ3n) is 2.95. The van der Waals surface area contributed by atoms with Crippen molar-refractivity contribution < 1.29 is 19.4 Å². The molecule has 2 rings (SSSR count).